The molecule has 1 heterocycles. The van der Waals surface area contributed by atoms with Crippen molar-refractivity contribution in [1.82, 2.24) is 5.32 Å². The Labute approximate surface area is 109 Å². The monoisotopic (exact) mass is 263 g/mol. The van der Waals surface area contributed by atoms with Crippen LogP contribution in [-0.4, -0.2) is 11.8 Å². The van der Waals surface area contributed by atoms with Crippen LogP contribution in [0.5, 0.6) is 0 Å². The zero-order chi connectivity index (χ0) is 13.1. The molecule has 2 aromatic rings. The Balaban J connectivity index is 2.29. The van der Waals surface area contributed by atoms with Crippen molar-refractivity contribution in [2.75, 3.05) is 0 Å². The molecule has 2 rings (SSSR count). The van der Waals surface area contributed by atoms with E-state index in [-0.39, 0.29) is 5.76 Å². The smallest absolute Gasteiger partial charge is 0.293 e. The van der Waals surface area contributed by atoms with Gasteiger partial charge in [0.15, 0.2) is 5.76 Å². The quantitative estimate of drug-likeness (QED) is 0.906. The molecule has 4 nitrogen and oxygen atoms in total. The molecule has 18 heavy (non-hydrogen) atoms. The number of hydrogen-bond donors (Lipinski definition) is 1. The molecule has 0 saturated heterocycles. The van der Waals surface area contributed by atoms with E-state index in [1.165, 1.54) is 13.0 Å². The standard InChI is InChI=1S/C13H10ClNO3/c1-8(16)15-13(17)12-7-6-11(18-12)9-4-2-3-5-10(9)14/h2-7H,1H3,(H,15,16,17). The van der Waals surface area contributed by atoms with Gasteiger partial charge in [-0.3, -0.25) is 14.9 Å². The van der Waals surface area contributed by atoms with Gasteiger partial charge in [-0.1, -0.05) is 23.7 Å². The van der Waals surface area contributed by atoms with Gasteiger partial charge in [0.2, 0.25) is 5.91 Å². The van der Waals surface area contributed by atoms with Gasteiger partial charge in [-0.15, -0.1) is 0 Å². The van der Waals surface area contributed by atoms with Crippen LogP contribution in [0.1, 0.15) is 17.5 Å². The van der Waals surface area contributed by atoms with Crippen LogP contribution < -0.4 is 5.32 Å². The highest BCUT2D eigenvalue weighted by Crippen LogP contribution is 2.28. The maximum atomic E-state index is 11.5. The highest BCUT2D eigenvalue weighted by molar-refractivity contribution is 6.33. The first-order valence-electron chi connectivity index (χ1n) is 5.24. The van der Waals surface area contributed by atoms with E-state index in [1.807, 2.05) is 6.07 Å². The zero-order valence-electron chi connectivity index (χ0n) is 9.57. The topological polar surface area (TPSA) is 59.3 Å². The van der Waals surface area contributed by atoms with Crippen molar-refractivity contribution in [3.8, 4) is 11.3 Å². The third kappa shape index (κ3) is 2.60. The number of amides is 2. The third-order valence-corrected chi connectivity index (χ3v) is 2.59. The van der Waals surface area contributed by atoms with Gasteiger partial charge in [-0.25, -0.2) is 0 Å². The first-order valence-corrected chi connectivity index (χ1v) is 5.62. The number of carbonyl (C=O) groups excluding carboxylic acids is 2. The molecule has 0 atom stereocenters. The first-order chi connectivity index (χ1) is 8.58. The second kappa shape index (κ2) is 5.06. The van der Waals surface area contributed by atoms with Crippen LogP contribution in [0.15, 0.2) is 40.8 Å². The molecule has 0 radical (unpaired) electrons. The van der Waals surface area contributed by atoms with E-state index in [2.05, 4.69) is 5.32 Å². The van der Waals surface area contributed by atoms with E-state index in [0.717, 1.165) is 0 Å². The molecule has 0 saturated carbocycles. The predicted molar refractivity (Wildman–Crippen MR) is 67.3 cm³/mol. The maximum Gasteiger partial charge on any atom is 0.293 e. The minimum Gasteiger partial charge on any atom is -0.451 e. The number of carbonyl (C=O) groups is 2. The Morgan fingerprint density at radius 2 is 1.89 bits per heavy atom. The summed E-state index contributed by atoms with van der Waals surface area (Å²) in [6.07, 6.45) is 0. The molecule has 5 heteroatoms. The minimum atomic E-state index is -0.569. The van der Waals surface area contributed by atoms with Crippen molar-refractivity contribution in [2.45, 2.75) is 6.92 Å². The maximum absolute atomic E-state index is 11.5. The van der Waals surface area contributed by atoms with E-state index in [4.69, 9.17) is 16.0 Å². The zero-order valence-corrected chi connectivity index (χ0v) is 10.3. The fourth-order valence-corrected chi connectivity index (χ4v) is 1.72. The molecular formula is C13H10ClNO3. The van der Waals surface area contributed by atoms with E-state index in [9.17, 15) is 9.59 Å². The molecular weight excluding hydrogens is 254 g/mol. The number of imide groups is 1. The highest BCUT2D eigenvalue weighted by Gasteiger charge is 2.14. The van der Waals surface area contributed by atoms with Crippen LogP contribution in [0, 0.1) is 0 Å². The lowest BCUT2D eigenvalue weighted by atomic mass is 10.2. The van der Waals surface area contributed by atoms with Crippen molar-refractivity contribution >= 4 is 23.4 Å². The Hall–Kier alpha value is -2.07. The summed E-state index contributed by atoms with van der Waals surface area (Å²) >= 11 is 6.02. The van der Waals surface area contributed by atoms with Gasteiger partial charge in [-0.2, -0.15) is 0 Å². The van der Waals surface area contributed by atoms with Crippen molar-refractivity contribution in [2.24, 2.45) is 0 Å². The second-order valence-corrected chi connectivity index (χ2v) is 4.06. The fourth-order valence-electron chi connectivity index (χ4n) is 1.49. The molecule has 1 aromatic carbocycles. The van der Waals surface area contributed by atoms with Gasteiger partial charge in [-0.05, 0) is 24.3 Å². The lowest BCUT2D eigenvalue weighted by Crippen LogP contribution is -2.27. The summed E-state index contributed by atoms with van der Waals surface area (Å²) in [6, 6.07) is 10.3. The molecule has 0 aliphatic carbocycles. The van der Waals surface area contributed by atoms with Crippen molar-refractivity contribution in [1.29, 1.82) is 0 Å². The lowest BCUT2D eigenvalue weighted by Gasteiger charge is -2.00. The summed E-state index contributed by atoms with van der Waals surface area (Å²) < 4.78 is 5.36. The molecule has 2 amide bonds. The summed E-state index contributed by atoms with van der Waals surface area (Å²) in [5.74, 6) is -0.453. The van der Waals surface area contributed by atoms with Crippen LogP contribution in [-0.2, 0) is 4.79 Å². The minimum absolute atomic E-state index is 0.0696. The highest BCUT2D eigenvalue weighted by atomic mass is 35.5. The Kier molecular flexibility index (Phi) is 3.48. The van der Waals surface area contributed by atoms with E-state index < -0.39 is 11.8 Å². The van der Waals surface area contributed by atoms with Gasteiger partial charge in [0.1, 0.15) is 5.76 Å². The molecule has 0 spiro atoms. The number of hydrogen-bond acceptors (Lipinski definition) is 3. The van der Waals surface area contributed by atoms with Crippen LogP contribution in [0.2, 0.25) is 5.02 Å². The molecule has 0 aliphatic heterocycles. The van der Waals surface area contributed by atoms with E-state index in [1.54, 1.807) is 24.3 Å². The normalized spacial score (nSPS) is 10.1. The molecule has 92 valence electrons. The SMILES string of the molecule is CC(=O)NC(=O)c1ccc(-c2ccccc2Cl)o1. The van der Waals surface area contributed by atoms with Gasteiger partial charge in [0.25, 0.3) is 5.91 Å². The van der Waals surface area contributed by atoms with Crippen LogP contribution in [0.3, 0.4) is 0 Å². The first kappa shape index (κ1) is 12.4. The Morgan fingerprint density at radius 3 is 2.56 bits per heavy atom. The predicted octanol–water partition coefficient (Wildman–Crippen LogP) is 2.88. The summed E-state index contributed by atoms with van der Waals surface area (Å²) in [5.41, 5.74) is 0.695. The molecule has 1 N–H and O–H groups in total. The van der Waals surface area contributed by atoms with Crippen LogP contribution in [0.25, 0.3) is 11.3 Å². The summed E-state index contributed by atoms with van der Waals surface area (Å²) in [7, 11) is 0. The number of benzene rings is 1. The van der Waals surface area contributed by atoms with E-state index in [0.29, 0.717) is 16.3 Å². The van der Waals surface area contributed by atoms with Gasteiger partial charge in [0.05, 0.1) is 5.02 Å². The summed E-state index contributed by atoms with van der Waals surface area (Å²) in [4.78, 5) is 22.3. The van der Waals surface area contributed by atoms with Crippen LogP contribution in [0.4, 0.5) is 0 Å². The fraction of sp³-hybridized carbons (Fsp3) is 0.0769. The Morgan fingerprint density at radius 1 is 1.17 bits per heavy atom. The van der Waals surface area contributed by atoms with Crippen LogP contribution >= 0.6 is 11.6 Å². The van der Waals surface area contributed by atoms with Crippen molar-refractivity contribution in [3.63, 3.8) is 0 Å². The average Bonchev–Trinajstić information content (AvgIpc) is 2.78. The lowest BCUT2D eigenvalue weighted by molar-refractivity contribution is -0.118. The number of halogens is 1. The summed E-state index contributed by atoms with van der Waals surface area (Å²) in [5, 5.41) is 2.67. The molecule has 0 aliphatic rings. The van der Waals surface area contributed by atoms with Crippen molar-refractivity contribution in [3.05, 3.63) is 47.2 Å². The molecule has 0 fully saturated rings. The molecule has 0 unspecified atom stereocenters. The third-order valence-electron chi connectivity index (χ3n) is 2.26. The second-order valence-electron chi connectivity index (χ2n) is 3.65. The molecule has 1 aromatic heterocycles. The summed E-state index contributed by atoms with van der Waals surface area (Å²) in [6.45, 7) is 1.26. The van der Waals surface area contributed by atoms with Gasteiger partial charge < -0.3 is 4.42 Å². The Bertz CT molecular complexity index is 604. The van der Waals surface area contributed by atoms with Gasteiger partial charge in [0, 0.05) is 12.5 Å². The molecule has 0 bridgehead atoms. The van der Waals surface area contributed by atoms with E-state index >= 15 is 0 Å². The number of furan rings is 1. The van der Waals surface area contributed by atoms with Gasteiger partial charge >= 0.3 is 0 Å². The number of rotatable bonds is 2. The largest absolute Gasteiger partial charge is 0.451 e. The van der Waals surface area contributed by atoms with Crippen molar-refractivity contribution < 1.29 is 14.0 Å². The number of nitrogens with one attached hydrogen (secondary N) is 1. The average molecular weight is 264 g/mol.